The van der Waals surface area contributed by atoms with Gasteiger partial charge in [-0.05, 0) is 43.0 Å². The van der Waals surface area contributed by atoms with Gasteiger partial charge >= 0.3 is 0 Å². The molecule has 3 rings (SSSR count). The molecule has 0 amide bonds. The quantitative estimate of drug-likeness (QED) is 0.858. The summed E-state index contributed by atoms with van der Waals surface area (Å²) in [4.78, 5) is 7.57. The average molecular weight is 298 g/mol. The van der Waals surface area contributed by atoms with Crippen LogP contribution in [0.2, 0.25) is 5.02 Å². The van der Waals surface area contributed by atoms with E-state index in [0.29, 0.717) is 15.2 Å². The minimum absolute atomic E-state index is 0.338. The Morgan fingerprint density at radius 1 is 1.58 bits per heavy atom. The summed E-state index contributed by atoms with van der Waals surface area (Å²) in [5.41, 5.74) is 2.13. The van der Waals surface area contributed by atoms with Gasteiger partial charge in [0.15, 0.2) is 10.4 Å². The summed E-state index contributed by atoms with van der Waals surface area (Å²) in [5.74, 6) is 0. The van der Waals surface area contributed by atoms with E-state index in [2.05, 4.69) is 14.5 Å². The van der Waals surface area contributed by atoms with Crippen LogP contribution in [0.3, 0.4) is 0 Å². The maximum Gasteiger partial charge on any atom is 0.179 e. The molecule has 0 aliphatic heterocycles. The molecule has 0 saturated heterocycles. The molecule has 1 aliphatic carbocycles. The third-order valence-electron chi connectivity index (χ3n) is 3.86. The molecule has 0 unspecified atom stereocenters. The Bertz CT molecular complexity index is 659. The van der Waals surface area contributed by atoms with Gasteiger partial charge in [0.2, 0.25) is 0 Å². The molecule has 0 bridgehead atoms. The van der Waals surface area contributed by atoms with Gasteiger partial charge in [0.1, 0.15) is 0 Å². The number of imidazole rings is 1. The Balaban J connectivity index is 1.93. The fourth-order valence-corrected chi connectivity index (χ4v) is 2.90. The van der Waals surface area contributed by atoms with Crippen molar-refractivity contribution in [1.29, 1.82) is 0 Å². The highest BCUT2D eigenvalue weighted by molar-refractivity contribution is 7.71. The first-order valence-corrected chi connectivity index (χ1v) is 7.15. The number of fused-ring (bicyclic) bond motifs is 1. The molecule has 1 fully saturated rings. The Hall–Kier alpha value is -0.910. The van der Waals surface area contributed by atoms with Crippen LogP contribution in [-0.2, 0) is 11.3 Å². The van der Waals surface area contributed by atoms with Gasteiger partial charge in [-0.15, -0.1) is 0 Å². The van der Waals surface area contributed by atoms with E-state index >= 15 is 0 Å². The molecule has 1 N–H and O–H groups in total. The number of nitrogens with one attached hydrogen (secondary N) is 1. The van der Waals surface area contributed by atoms with Crippen molar-refractivity contribution in [2.75, 3.05) is 13.7 Å². The van der Waals surface area contributed by atoms with Crippen molar-refractivity contribution in [3.8, 4) is 0 Å². The fraction of sp³-hybridized carbons (Fsp3) is 0.538. The van der Waals surface area contributed by atoms with Crippen LogP contribution in [-0.4, -0.2) is 28.3 Å². The van der Waals surface area contributed by atoms with Gasteiger partial charge in [-0.25, -0.2) is 4.98 Å². The van der Waals surface area contributed by atoms with E-state index in [1.54, 1.807) is 13.3 Å². The van der Waals surface area contributed by atoms with Gasteiger partial charge in [-0.2, -0.15) is 0 Å². The molecule has 6 heteroatoms. The summed E-state index contributed by atoms with van der Waals surface area (Å²) >= 11 is 11.3. The van der Waals surface area contributed by atoms with Gasteiger partial charge in [0, 0.05) is 26.5 Å². The van der Waals surface area contributed by atoms with Crippen molar-refractivity contribution in [2.24, 2.45) is 5.41 Å². The second-order valence-electron chi connectivity index (χ2n) is 5.28. The van der Waals surface area contributed by atoms with Crippen LogP contribution in [0.5, 0.6) is 0 Å². The lowest BCUT2D eigenvalue weighted by Gasteiger charge is -2.15. The molecule has 19 heavy (non-hydrogen) atoms. The van der Waals surface area contributed by atoms with Crippen LogP contribution in [0.4, 0.5) is 0 Å². The molecule has 4 nitrogen and oxygen atoms in total. The number of aromatic amines is 1. The first kappa shape index (κ1) is 13.1. The SMILES string of the molecule is COCCC1(Cn2c(=S)[nH]c3cc(Cl)cnc32)CC1. The van der Waals surface area contributed by atoms with E-state index in [1.807, 2.05) is 6.07 Å². The molecular weight excluding hydrogens is 282 g/mol. The van der Waals surface area contributed by atoms with E-state index in [4.69, 9.17) is 28.6 Å². The highest BCUT2D eigenvalue weighted by atomic mass is 35.5. The summed E-state index contributed by atoms with van der Waals surface area (Å²) in [7, 11) is 1.75. The van der Waals surface area contributed by atoms with Crippen molar-refractivity contribution >= 4 is 35.0 Å². The zero-order valence-electron chi connectivity index (χ0n) is 10.8. The Morgan fingerprint density at radius 3 is 3.05 bits per heavy atom. The number of nitrogens with zero attached hydrogens (tertiary/aromatic N) is 2. The lowest BCUT2D eigenvalue weighted by molar-refractivity contribution is 0.167. The zero-order valence-corrected chi connectivity index (χ0v) is 12.4. The predicted octanol–water partition coefficient (Wildman–Crippen LogP) is 3.56. The lowest BCUT2D eigenvalue weighted by Crippen LogP contribution is -2.14. The normalized spacial score (nSPS) is 16.9. The molecule has 2 aromatic heterocycles. The maximum absolute atomic E-state index is 5.95. The summed E-state index contributed by atoms with van der Waals surface area (Å²) < 4.78 is 8.00. The van der Waals surface area contributed by atoms with Gasteiger partial charge < -0.3 is 14.3 Å². The van der Waals surface area contributed by atoms with Crippen LogP contribution in [0, 0.1) is 10.2 Å². The number of pyridine rings is 1. The Labute approximate surface area is 121 Å². The minimum Gasteiger partial charge on any atom is -0.385 e. The van der Waals surface area contributed by atoms with Gasteiger partial charge in [-0.3, -0.25) is 0 Å². The smallest absolute Gasteiger partial charge is 0.179 e. The van der Waals surface area contributed by atoms with Crippen molar-refractivity contribution in [1.82, 2.24) is 14.5 Å². The zero-order chi connectivity index (χ0) is 13.5. The molecule has 0 atom stereocenters. The molecular formula is C13H16ClN3OS. The van der Waals surface area contributed by atoms with Crippen molar-refractivity contribution in [2.45, 2.75) is 25.8 Å². The average Bonchev–Trinajstić information content (AvgIpc) is 3.08. The van der Waals surface area contributed by atoms with Crippen LogP contribution in [0.15, 0.2) is 12.3 Å². The van der Waals surface area contributed by atoms with Crippen LogP contribution in [0.25, 0.3) is 11.2 Å². The molecule has 1 aliphatic rings. The number of methoxy groups -OCH3 is 1. The fourth-order valence-electron chi connectivity index (χ4n) is 2.48. The largest absolute Gasteiger partial charge is 0.385 e. The molecule has 2 heterocycles. The second kappa shape index (κ2) is 4.89. The van der Waals surface area contributed by atoms with Crippen LogP contribution in [0.1, 0.15) is 19.3 Å². The number of H-pyrrole nitrogens is 1. The van der Waals surface area contributed by atoms with Gasteiger partial charge in [0.25, 0.3) is 0 Å². The Kier molecular flexibility index (Phi) is 3.37. The van der Waals surface area contributed by atoms with E-state index < -0.39 is 0 Å². The van der Waals surface area contributed by atoms with Gasteiger partial charge in [-0.1, -0.05) is 11.6 Å². The van der Waals surface area contributed by atoms with Crippen LogP contribution < -0.4 is 0 Å². The Morgan fingerprint density at radius 2 is 2.37 bits per heavy atom. The summed E-state index contributed by atoms with van der Waals surface area (Å²) in [6, 6.07) is 1.87. The summed E-state index contributed by atoms with van der Waals surface area (Å²) in [6.45, 7) is 1.71. The molecule has 102 valence electrons. The van der Waals surface area contributed by atoms with Crippen molar-refractivity contribution in [3.05, 3.63) is 22.1 Å². The maximum atomic E-state index is 5.95. The van der Waals surface area contributed by atoms with E-state index in [-0.39, 0.29) is 0 Å². The molecule has 0 aromatic carbocycles. The summed E-state index contributed by atoms with van der Waals surface area (Å²) in [6.07, 6.45) is 5.21. The van der Waals surface area contributed by atoms with Crippen LogP contribution >= 0.6 is 23.8 Å². The van der Waals surface area contributed by atoms with E-state index in [9.17, 15) is 0 Å². The third-order valence-corrected chi connectivity index (χ3v) is 4.39. The lowest BCUT2D eigenvalue weighted by atomic mass is 10.0. The van der Waals surface area contributed by atoms with E-state index in [0.717, 1.165) is 30.7 Å². The highest BCUT2D eigenvalue weighted by Crippen LogP contribution is 2.50. The first-order valence-electron chi connectivity index (χ1n) is 6.37. The molecule has 0 radical (unpaired) electrons. The van der Waals surface area contributed by atoms with Crippen molar-refractivity contribution < 1.29 is 4.74 Å². The van der Waals surface area contributed by atoms with Gasteiger partial charge in [0.05, 0.1) is 10.5 Å². The standard InChI is InChI=1S/C13H16ClN3OS/c1-18-5-4-13(2-3-13)8-17-11-10(16-12(17)19)6-9(14)7-15-11/h6-7H,2-5,8H2,1H3,(H,16,19). The number of hydrogen-bond donors (Lipinski definition) is 1. The van der Waals surface area contributed by atoms with Crippen molar-refractivity contribution in [3.63, 3.8) is 0 Å². The predicted molar refractivity (Wildman–Crippen MR) is 78.1 cm³/mol. The molecule has 0 spiro atoms. The third kappa shape index (κ3) is 2.55. The number of aromatic nitrogens is 3. The number of halogens is 1. The monoisotopic (exact) mass is 297 g/mol. The molecule has 1 saturated carbocycles. The number of hydrogen-bond acceptors (Lipinski definition) is 3. The highest BCUT2D eigenvalue weighted by Gasteiger charge is 2.42. The second-order valence-corrected chi connectivity index (χ2v) is 6.11. The number of rotatable bonds is 5. The molecule has 2 aromatic rings. The van der Waals surface area contributed by atoms with E-state index in [1.165, 1.54) is 12.8 Å². The minimum atomic E-state index is 0.338. The first-order chi connectivity index (χ1) is 9.13. The number of ether oxygens (including phenoxy) is 1. The topological polar surface area (TPSA) is 42.8 Å². The summed E-state index contributed by atoms with van der Waals surface area (Å²) in [5, 5.41) is 0.622.